The van der Waals surface area contributed by atoms with Crippen LogP contribution in [0.4, 0.5) is 0 Å². The minimum absolute atomic E-state index is 0.192. The Labute approximate surface area is 119 Å². The second-order valence-electron chi connectivity index (χ2n) is 5.83. The van der Waals surface area contributed by atoms with E-state index in [2.05, 4.69) is 37.5 Å². The quantitative estimate of drug-likeness (QED) is 0.680. The molecule has 0 spiro atoms. The van der Waals surface area contributed by atoms with Crippen LogP contribution in [-0.2, 0) is 4.74 Å². The Hall–Kier alpha value is -0.160. The van der Waals surface area contributed by atoms with Gasteiger partial charge in [0.05, 0.1) is 6.61 Å². The third kappa shape index (κ3) is 4.42. The lowest BCUT2D eigenvalue weighted by Gasteiger charge is -2.49. The largest absolute Gasteiger partial charge is 0.380 e. The van der Waals surface area contributed by atoms with Crippen LogP contribution in [0.3, 0.4) is 0 Å². The van der Waals surface area contributed by atoms with Crippen LogP contribution in [-0.4, -0.2) is 67.3 Å². The fourth-order valence-electron chi connectivity index (χ4n) is 3.16. The van der Waals surface area contributed by atoms with Gasteiger partial charge in [-0.3, -0.25) is 4.90 Å². The molecule has 0 atom stereocenters. The first-order chi connectivity index (χ1) is 9.09. The monoisotopic (exact) mass is 271 g/mol. The van der Waals surface area contributed by atoms with Gasteiger partial charge in [-0.1, -0.05) is 6.92 Å². The molecule has 1 saturated heterocycles. The van der Waals surface area contributed by atoms with Crippen LogP contribution in [0.25, 0.3) is 0 Å². The molecule has 2 N–H and O–H groups in total. The van der Waals surface area contributed by atoms with Crippen molar-refractivity contribution in [2.45, 2.75) is 52.1 Å². The molecule has 114 valence electrons. The highest BCUT2D eigenvalue weighted by Crippen LogP contribution is 2.28. The number of hydrogen-bond acceptors (Lipinski definition) is 4. The van der Waals surface area contributed by atoms with Gasteiger partial charge in [0, 0.05) is 44.4 Å². The molecular formula is C15H33N3O. The Morgan fingerprint density at radius 1 is 1.26 bits per heavy atom. The highest BCUT2D eigenvalue weighted by atomic mass is 16.5. The van der Waals surface area contributed by atoms with Gasteiger partial charge in [-0.05, 0) is 40.2 Å². The topological polar surface area (TPSA) is 41.7 Å². The molecule has 0 aliphatic carbocycles. The molecule has 0 aromatic rings. The van der Waals surface area contributed by atoms with E-state index in [0.29, 0.717) is 6.04 Å². The summed E-state index contributed by atoms with van der Waals surface area (Å²) in [4.78, 5) is 5.10. The number of likely N-dealkylation sites (N-methyl/N-ethyl adjacent to an activating group) is 1. The maximum Gasteiger partial charge on any atom is 0.0593 e. The van der Waals surface area contributed by atoms with Gasteiger partial charge in [-0.2, -0.15) is 0 Å². The summed E-state index contributed by atoms with van der Waals surface area (Å²) in [6.07, 6.45) is 2.36. The summed E-state index contributed by atoms with van der Waals surface area (Å²) in [7, 11) is 0. The van der Waals surface area contributed by atoms with Crippen LogP contribution in [0.15, 0.2) is 0 Å². The van der Waals surface area contributed by atoms with Gasteiger partial charge in [-0.25, -0.2) is 0 Å². The molecule has 0 aromatic heterocycles. The summed E-state index contributed by atoms with van der Waals surface area (Å²) in [5.41, 5.74) is 6.33. The fraction of sp³-hybridized carbons (Fsp3) is 1.00. The first kappa shape index (κ1) is 16.9. The zero-order chi connectivity index (χ0) is 14.3. The summed E-state index contributed by atoms with van der Waals surface area (Å²) in [5, 5.41) is 0. The van der Waals surface area contributed by atoms with E-state index < -0.39 is 0 Å². The van der Waals surface area contributed by atoms with E-state index in [1.165, 1.54) is 25.9 Å². The normalized spacial score (nSPS) is 20.4. The Morgan fingerprint density at radius 2 is 1.89 bits per heavy atom. The maximum absolute atomic E-state index is 6.14. The molecule has 0 saturated carbocycles. The lowest BCUT2D eigenvalue weighted by molar-refractivity contribution is 0.00271. The summed E-state index contributed by atoms with van der Waals surface area (Å²) >= 11 is 0. The van der Waals surface area contributed by atoms with Crippen molar-refractivity contribution in [3.63, 3.8) is 0 Å². The molecule has 1 aliphatic rings. The highest BCUT2D eigenvalue weighted by Gasteiger charge is 2.38. The summed E-state index contributed by atoms with van der Waals surface area (Å²) in [6.45, 7) is 15.6. The van der Waals surface area contributed by atoms with E-state index in [1.807, 2.05) is 0 Å². The Morgan fingerprint density at radius 3 is 2.32 bits per heavy atom. The van der Waals surface area contributed by atoms with Crippen LogP contribution >= 0.6 is 0 Å². The molecule has 1 fully saturated rings. The van der Waals surface area contributed by atoms with E-state index >= 15 is 0 Å². The zero-order valence-corrected chi connectivity index (χ0v) is 13.3. The van der Waals surface area contributed by atoms with Crippen molar-refractivity contribution in [1.29, 1.82) is 0 Å². The van der Waals surface area contributed by atoms with Gasteiger partial charge in [-0.15, -0.1) is 0 Å². The van der Waals surface area contributed by atoms with Gasteiger partial charge in [0.2, 0.25) is 0 Å². The lowest BCUT2D eigenvalue weighted by Crippen LogP contribution is -2.60. The molecule has 0 aromatic carbocycles. The smallest absolute Gasteiger partial charge is 0.0593 e. The van der Waals surface area contributed by atoms with Gasteiger partial charge in [0.15, 0.2) is 0 Å². The summed E-state index contributed by atoms with van der Waals surface area (Å²) < 4.78 is 5.51. The standard InChI is InChI=1S/C15H33N3O/c1-5-18(11-12-19-6-2)15(13-16)7-9-17(10-8-15)14(3)4/h14H,5-13,16H2,1-4H3. The molecule has 0 amide bonds. The number of rotatable bonds is 8. The van der Waals surface area contributed by atoms with E-state index in [4.69, 9.17) is 10.5 Å². The second kappa shape index (κ2) is 8.20. The Kier molecular flexibility index (Phi) is 7.29. The average molecular weight is 271 g/mol. The predicted molar refractivity (Wildman–Crippen MR) is 81.5 cm³/mol. The third-order valence-corrected chi connectivity index (χ3v) is 4.60. The van der Waals surface area contributed by atoms with E-state index in [9.17, 15) is 0 Å². The molecular weight excluding hydrogens is 238 g/mol. The molecule has 0 radical (unpaired) electrons. The maximum atomic E-state index is 6.14. The van der Waals surface area contributed by atoms with Crippen molar-refractivity contribution in [2.75, 3.05) is 45.9 Å². The lowest BCUT2D eigenvalue weighted by atomic mass is 9.85. The fourth-order valence-corrected chi connectivity index (χ4v) is 3.16. The van der Waals surface area contributed by atoms with Crippen molar-refractivity contribution in [2.24, 2.45) is 5.73 Å². The van der Waals surface area contributed by atoms with Crippen molar-refractivity contribution < 1.29 is 4.74 Å². The second-order valence-corrected chi connectivity index (χ2v) is 5.83. The number of likely N-dealkylation sites (tertiary alicyclic amines) is 1. The zero-order valence-electron chi connectivity index (χ0n) is 13.3. The SMILES string of the molecule is CCOCCN(CC)C1(CN)CCN(C(C)C)CC1. The van der Waals surface area contributed by atoms with Crippen LogP contribution in [0.1, 0.15) is 40.5 Å². The van der Waals surface area contributed by atoms with Crippen LogP contribution < -0.4 is 5.73 Å². The first-order valence-corrected chi connectivity index (χ1v) is 7.86. The molecule has 4 nitrogen and oxygen atoms in total. The van der Waals surface area contributed by atoms with Gasteiger partial charge >= 0.3 is 0 Å². The van der Waals surface area contributed by atoms with Crippen molar-refractivity contribution in [3.8, 4) is 0 Å². The van der Waals surface area contributed by atoms with Gasteiger partial charge in [0.25, 0.3) is 0 Å². The highest BCUT2D eigenvalue weighted by molar-refractivity contribution is 4.96. The number of hydrogen-bond donors (Lipinski definition) is 1. The minimum atomic E-state index is 0.192. The summed E-state index contributed by atoms with van der Waals surface area (Å²) in [5.74, 6) is 0. The number of nitrogens with zero attached hydrogens (tertiary/aromatic N) is 2. The van der Waals surface area contributed by atoms with E-state index in [-0.39, 0.29) is 5.54 Å². The van der Waals surface area contributed by atoms with Crippen molar-refractivity contribution >= 4 is 0 Å². The number of ether oxygens (including phenoxy) is 1. The van der Waals surface area contributed by atoms with Crippen molar-refractivity contribution in [3.05, 3.63) is 0 Å². The number of nitrogens with two attached hydrogens (primary N) is 1. The van der Waals surface area contributed by atoms with Gasteiger partial charge in [0.1, 0.15) is 0 Å². The molecule has 0 unspecified atom stereocenters. The third-order valence-electron chi connectivity index (χ3n) is 4.60. The molecule has 1 aliphatic heterocycles. The molecule has 19 heavy (non-hydrogen) atoms. The van der Waals surface area contributed by atoms with E-state index in [0.717, 1.165) is 32.8 Å². The summed E-state index contributed by atoms with van der Waals surface area (Å²) in [6, 6.07) is 0.647. The predicted octanol–water partition coefficient (Wildman–Crippen LogP) is 1.55. The van der Waals surface area contributed by atoms with Crippen molar-refractivity contribution in [1.82, 2.24) is 9.80 Å². The van der Waals surface area contributed by atoms with E-state index in [1.54, 1.807) is 0 Å². The molecule has 4 heteroatoms. The van der Waals surface area contributed by atoms with Crippen LogP contribution in [0.5, 0.6) is 0 Å². The van der Waals surface area contributed by atoms with Crippen LogP contribution in [0.2, 0.25) is 0 Å². The molecule has 0 bridgehead atoms. The van der Waals surface area contributed by atoms with Crippen LogP contribution in [0, 0.1) is 0 Å². The number of piperidine rings is 1. The average Bonchev–Trinajstić information content (AvgIpc) is 2.43. The molecule has 1 rings (SSSR count). The van der Waals surface area contributed by atoms with Gasteiger partial charge < -0.3 is 15.4 Å². The first-order valence-electron chi connectivity index (χ1n) is 7.86. The molecule has 1 heterocycles. The Balaban J connectivity index is 2.58. The Bertz CT molecular complexity index is 238. The minimum Gasteiger partial charge on any atom is -0.380 e.